The number of benzene rings is 2. The van der Waals surface area contributed by atoms with E-state index in [0.717, 1.165) is 35.1 Å². The second kappa shape index (κ2) is 18.1. The van der Waals surface area contributed by atoms with E-state index >= 15 is 0 Å². The predicted octanol–water partition coefficient (Wildman–Crippen LogP) is 5.15. The summed E-state index contributed by atoms with van der Waals surface area (Å²) in [5, 5.41) is 21.0. The molecule has 1 saturated heterocycles. The summed E-state index contributed by atoms with van der Waals surface area (Å²) in [5.74, 6) is -1.23. The van der Waals surface area contributed by atoms with Crippen LogP contribution in [0.1, 0.15) is 65.0 Å². The minimum Gasteiger partial charge on any atom is -0.444 e. The van der Waals surface area contributed by atoms with E-state index in [-0.39, 0.29) is 24.2 Å². The quantitative estimate of drug-likeness (QED) is 0.185. The molecule has 0 spiro atoms. The molecule has 0 bridgehead atoms. The second-order valence-corrected chi connectivity index (χ2v) is 14.7. The van der Waals surface area contributed by atoms with Gasteiger partial charge in [-0.25, -0.2) is 4.79 Å². The number of hydrogen-bond acceptors (Lipinski definition) is 7. The van der Waals surface area contributed by atoms with Gasteiger partial charge in [0.1, 0.15) is 11.6 Å². The molecule has 270 valence electrons. The highest BCUT2D eigenvalue weighted by molar-refractivity contribution is 5.89. The van der Waals surface area contributed by atoms with E-state index in [1.54, 1.807) is 33.2 Å². The van der Waals surface area contributed by atoms with Crippen LogP contribution in [0.25, 0.3) is 11.1 Å². The van der Waals surface area contributed by atoms with Gasteiger partial charge in [-0.1, -0.05) is 68.4 Å². The van der Waals surface area contributed by atoms with E-state index < -0.39 is 35.8 Å². The topological polar surface area (TPSA) is 133 Å². The first-order valence-electron chi connectivity index (χ1n) is 17.8. The number of likely N-dealkylation sites (tertiary alicyclic amines) is 1. The van der Waals surface area contributed by atoms with E-state index in [4.69, 9.17) is 4.74 Å². The summed E-state index contributed by atoms with van der Waals surface area (Å²) in [6, 6.07) is 20.4. The number of pyridine rings is 1. The highest BCUT2D eigenvalue weighted by Crippen LogP contribution is 2.24. The summed E-state index contributed by atoms with van der Waals surface area (Å²) < 4.78 is 5.54. The Morgan fingerprint density at radius 2 is 1.48 bits per heavy atom. The number of hydrogen-bond donors (Lipinski definition) is 4. The van der Waals surface area contributed by atoms with Crippen molar-refractivity contribution in [2.45, 2.75) is 96.6 Å². The zero-order valence-electron chi connectivity index (χ0n) is 30.4. The van der Waals surface area contributed by atoms with Crippen molar-refractivity contribution in [3.8, 4) is 11.1 Å². The Balaban J connectivity index is 1.58. The number of carbonyl (C=O) groups excluding carboxylic acids is 3. The van der Waals surface area contributed by atoms with Crippen LogP contribution in [-0.2, 0) is 27.2 Å². The summed E-state index contributed by atoms with van der Waals surface area (Å²) in [6.07, 6.45) is 4.20. The lowest BCUT2D eigenvalue weighted by atomic mass is 9.87. The van der Waals surface area contributed by atoms with Gasteiger partial charge >= 0.3 is 6.09 Å². The number of nitrogens with zero attached hydrogens (tertiary/aromatic N) is 2. The Bertz CT molecular complexity index is 1500. The molecule has 2 aromatic carbocycles. The number of piperidine rings is 1. The Kier molecular flexibility index (Phi) is 13.9. The zero-order chi connectivity index (χ0) is 36.3. The molecule has 3 unspecified atom stereocenters. The first-order valence-corrected chi connectivity index (χ1v) is 17.8. The van der Waals surface area contributed by atoms with Crippen molar-refractivity contribution < 1.29 is 24.2 Å². The van der Waals surface area contributed by atoms with E-state index in [0.29, 0.717) is 32.0 Å². The van der Waals surface area contributed by atoms with Gasteiger partial charge in [-0.05, 0) is 100 Å². The lowest BCUT2D eigenvalue weighted by Gasteiger charge is -2.36. The van der Waals surface area contributed by atoms with E-state index in [1.165, 1.54) is 0 Å². The molecule has 4 N–H and O–H groups in total. The van der Waals surface area contributed by atoms with Crippen LogP contribution in [-0.4, -0.2) is 82.9 Å². The number of alkyl carbamates (subject to hydrolysis) is 1. The summed E-state index contributed by atoms with van der Waals surface area (Å²) in [4.78, 5) is 46.9. The maximum absolute atomic E-state index is 14.2. The highest BCUT2D eigenvalue weighted by Gasteiger charge is 2.35. The van der Waals surface area contributed by atoms with Gasteiger partial charge in [0, 0.05) is 37.4 Å². The molecule has 10 heteroatoms. The van der Waals surface area contributed by atoms with Crippen LogP contribution in [0.3, 0.4) is 0 Å². The fourth-order valence-corrected chi connectivity index (χ4v) is 6.38. The molecule has 3 amide bonds. The minimum absolute atomic E-state index is 0.0534. The normalized spacial score (nSPS) is 16.3. The maximum Gasteiger partial charge on any atom is 0.407 e. The van der Waals surface area contributed by atoms with E-state index in [9.17, 15) is 19.5 Å². The lowest BCUT2D eigenvalue weighted by Crippen LogP contribution is -2.55. The minimum atomic E-state index is -1.09. The van der Waals surface area contributed by atoms with Crippen LogP contribution in [0.2, 0.25) is 0 Å². The van der Waals surface area contributed by atoms with Gasteiger partial charge in [-0.2, -0.15) is 0 Å². The van der Waals surface area contributed by atoms with Crippen LogP contribution >= 0.6 is 0 Å². The molecule has 1 aliphatic rings. The molecular formula is C40H55N5O5. The molecule has 0 radical (unpaired) electrons. The third-order valence-corrected chi connectivity index (χ3v) is 9.26. The molecule has 1 fully saturated rings. The average molecular weight is 686 g/mol. The number of carbonyl (C=O) groups is 3. The van der Waals surface area contributed by atoms with Crippen molar-refractivity contribution in [3.63, 3.8) is 0 Å². The Labute approximate surface area is 297 Å². The first-order chi connectivity index (χ1) is 23.8. The molecule has 0 aliphatic carbocycles. The van der Waals surface area contributed by atoms with Crippen molar-refractivity contribution in [1.29, 1.82) is 0 Å². The van der Waals surface area contributed by atoms with Crippen LogP contribution in [0, 0.1) is 11.8 Å². The van der Waals surface area contributed by atoms with Crippen molar-refractivity contribution >= 4 is 17.9 Å². The summed E-state index contributed by atoms with van der Waals surface area (Å²) in [6.45, 7) is 10.5. The van der Waals surface area contributed by atoms with Gasteiger partial charge in [0.2, 0.25) is 11.8 Å². The van der Waals surface area contributed by atoms with Crippen LogP contribution < -0.4 is 16.0 Å². The number of amides is 3. The number of aromatic nitrogens is 1. The van der Waals surface area contributed by atoms with Gasteiger partial charge in [0.15, 0.2) is 0 Å². The largest absolute Gasteiger partial charge is 0.444 e. The van der Waals surface area contributed by atoms with Crippen molar-refractivity contribution in [2.75, 3.05) is 20.1 Å². The molecule has 50 heavy (non-hydrogen) atoms. The second-order valence-electron chi connectivity index (χ2n) is 14.7. The monoisotopic (exact) mass is 685 g/mol. The van der Waals surface area contributed by atoms with Gasteiger partial charge in [0.25, 0.3) is 0 Å². The van der Waals surface area contributed by atoms with Gasteiger partial charge < -0.3 is 30.7 Å². The van der Waals surface area contributed by atoms with Crippen LogP contribution in [0.15, 0.2) is 79.1 Å². The number of aliphatic hydroxyl groups is 1. The first kappa shape index (κ1) is 38.5. The van der Waals surface area contributed by atoms with Crippen LogP contribution in [0.5, 0.6) is 0 Å². The molecule has 1 aliphatic heterocycles. The summed E-state index contributed by atoms with van der Waals surface area (Å²) in [5.41, 5.74) is 3.17. The molecular weight excluding hydrogens is 630 g/mol. The number of nitrogens with one attached hydrogen (secondary N) is 3. The third-order valence-electron chi connectivity index (χ3n) is 9.26. The van der Waals surface area contributed by atoms with Gasteiger partial charge in [0.05, 0.1) is 12.1 Å². The van der Waals surface area contributed by atoms with Gasteiger partial charge in [-0.15, -0.1) is 0 Å². The maximum atomic E-state index is 14.2. The number of aliphatic hydroxyl groups excluding tert-OH is 1. The molecule has 3 aromatic rings. The molecule has 2 heterocycles. The zero-order valence-corrected chi connectivity index (χ0v) is 30.4. The van der Waals surface area contributed by atoms with Crippen molar-refractivity contribution in [3.05, 3.63) is 90.3 Å². The van der Waals surface area contributed by atoms with Gasteiger partial charge in [-0.3, -0.25) is 14.6 Å². The fraction of sp³-hybridized carbons (Fsp3) is 0.500. The number of rotatable bonds is 14. The summed E-state index contributed by atoms with van der Waals surface area (Å²) >= 11 is 0. The summed E-state index contributed by atoms with van der Waals surface area (Å²) in [7, 11) is 1.94. The standard InChI is InChI=1S/C40H55N5O5/c1-27(2)36(38(48)45-22-18-33(41-6)19-23-45)44-37(47)32(24-29-12-14-30(15-13-29)31-16-20-42-21-17-31)26-35(46)34(25-28-10-8-7-9-11-28)43-39(49)50-40(3,4)5/h7-17,20-21,27,32-36,41,46H,18-19,22-26H2,1-6H3,(H,43,49)(H,44,47)/t32?,34?,35?,36-/m0/s1. The van der Waals surface area contributed by atoms with E-state index in [2.05, 4.69) is 20.9 Å². The predicted molar refractivity (Wildman–Crippen MR) is 196 cm³/mol. The highest BCUT2D eigenvalue weighted by atomic mass is 16.6. The molecule has 10 nitrogen and oxygen atoms in total. The van der Waals surface area contributed by atoms with Crippen molar-refractivity contribution in [2.24, 2.45) is 11.8 Å². The smallest absolute Gasteiger partial charge is 0.407 e. The molecule has 4 atom stereocenters. The lowest BCUT2D eigenvalue weighted by molar-refractivity contribution is -0.139. The SMILES string of the molecule is CNC1CCN(C(=O)[C@@H](NC(=O)C(Cc2ccc(-c3ccncc3)cc2)CC(O)C(Cc2ccccc2)NC(=O)OC(C)(C)C)C(C)C)CC1. The fourth-order valence-electron chi connectivity index (χ4n) is 6.38. The Hall–Kier alpha value is -4.28. The van der Waals surface area contributed by atoms with Crippen LogP contribution in [0.4, 0.5) is 4.79 Å². The third kappa shape index (κ3) is 11.7. The van der Waals surface area contributed by atoms with E-state index in [1.807, 2.05) is 92.5 Å². The Morgan fingerprint density at radius 1 is 0.880 bits per heavy atom. The molecule has 1 aromatic heterocycles. The molecule has 4 rings (SSSR count). The average Bonchev–Trinajstić information content (AvgIpc) is 3.10. The number of ether oxygens (including phenoxy) is 1. The molecule has 0 saturated carbocycles. The Morgan fingerprint density at radius 3 is 2.06 bits per heavy atom. The van der Waals surface area contributed by atoms with Crippen molar-refractivity contribution in [1.82, 2.24) is 25.8 Å².